The standard InChI is InChI=1S/C24H20Cl2N2O3S/c1-16-6-9-19(26)12-21(16)27-24(29)14-28-13-23(20-4-2-3-5-22(20)28)32(30,31)15-17-7-10-18(25)11-8-17/h2-13H,14-15H2,1H3,(H,27,29). The fourth-order valence-electron chi connectivity index (χ4n) is 3.54. The first-order chi connectivity index (χ1) is 15.2. The lowest BCUT2D eigenvalue weighted by atomic mass is 10.2. The van der Waals surface area contributed by atoms with Crippen LogP contribution >= 0.6 is 23.2 Å². The van der Waals surface area contributed by atoms with Gasteiger partial charge in [0.1, 0.15) is 6.54 Å². The van der Waals surface area contributed by atoms with Crippen LogP contribution in [0.1, 0.15) is 11.1 Å². The quantitative estimate of drug-likeness (QED) is 0.370. The molecule has 0 saturated carbocycles. The Bertz CT molecular complexity index is 1410. The van der Waals surface area contributed by atoms with Crippen molar-refractivity contribution in [1.29, 1.82) is 0 Å². The third-order valence-electron chi connectivity index (χ3n) is 5.14. The van der Waals surface area contributed by atoms with E-state index in [0.717, 1.165) is 5.56 Å². The van der Waals surface area contributed by atoms with Crippen LogP contribution in [-0.4, -0.2) is 18.9 Å². The average molecular weight is 487 g/mol. The van der Waals surface area contributed by atoms with Crippen LogP contribution in [0, 0.1) is 6.92 Å². The van der Waals surface area contributed by atoms with Gasteiger partial charge in [-0.15, -0.1) is 0 Å². The van der Waals surface area contributed by atoms with Crippen LogP contribution < -0.4 is 5.32 Å². The summed E-state index contributed by atoms with van der Waals surface area (Å²) in [7, 11) is -3.65. The van der Waals surface area contributed by atoms with Crippen molar-refractivity contribution in [2.24, 2.45) is 0 Å². The molecule has 0 atom stereocenters. The Balaban J connectivity index is 1.64. The second kappa shape index (κ2) is 8.98. The predicted octanol–water partition coefficient (Wildman–Crippen LogP) is 5.87. The molecule has 8 heteroatoms. The Morgan fingerprint density at radius 2 is 1.66 bits per heavy atom. The topological polar surface area (TPSA) is 68.2 Å². The predicted molar refractivity (Wildman–Crippen MR) is 129 cm³/mol. The molecule has 0 bridgehead atoms. The van der Waals surface area contributed by atoms with E-state index in [1.165, 1.54) is 6.20 Å². The molecule has 1 amide bonds. The zero-order chi connectivity index (χ0) is 22.9. The van der Waals surface area contributed by atoms with E-state index in [0.29, 0.717) is 32.2 Å². The van der Waals surface area contributed by atoms with Crippen LogP contribution in [0.3, 0.4) is 0 Å². The van der Waals surface area contributed by atoms with Gasteiger partial charge in [-0.1, -0.05) is 59.6 Å². The molecule has 1 N–H and O–H groups in total. The van der Waals surface area contributed by atoms with Crippen molar-refractivity contribution in [2.75, 3.05) is 5.32 Å². The minimum Gasteiger partial charge on any atom is -0.337 e. The first kappa shape index (κ1) is 22.4. The molecular formula is C24H20Cl2N2O3S. The van der Waals surface area contributed by atoms with Crippen LogP contribution in [0.25, 0.3) is 10.9 Å². The molecule has 1 aromatic heterocycles. The number of hydrogen-bond acceptors (Lipinski definition) is 3. The number of amides is 1. The Morgan fingerprint density at radius 3 is 2.41 bits per heavy atom. The van der Waals surface area contributed by atoms with E-state index in [1.807, 2.05) is 19.1 Å². The first-order valence-electron chi connectivity index (χ1n) is 9.84. The van der Waals surface area contributed by atoms with E-state index in [2.05, 4.69) is 5.32 Å². The number of sulfone groups is 1. The van der Waals surface area contributed by atoms with Gasteiger partial charge in [-0.2, -0.15) is 0 Å². The highest BCUT2D eigenvalue weighted by Gasteiger charge is 2.22. The molecule has 4 aromatic rings. The van der Waals surface area contributed by atoms with Gasteiger partial charge in [-0.3, -0.25) is 4.79 Å². The zero-order valence-electron chi connectivity index (χ0n) is 17.2. The van der Waals surface area contributed by atoms with Gasteiger partial charge in [0.25, 0.3) is 0 Å². The minimum absolute atomic E-state index is 0.0388. The van der Waals surface area contributed by atoms with Gasteiger partial charge in [0, 0.05) is 32.8 Å². The van der Waals surface area contributed by atoms with Gasteiger partial charge in [0.05, 0.1) is 10.6 Å². The molecule has 1 heterocycles. The number of halogens is 2. The zero-order valence-corrected chi connectivity index (χ0v) is 19.5. The number of anilines is 1. The lowest BCUT2D eigenvalue weighted by Gasteiger charge is -2.10. The monoisotopic (exact) mass is 486 g/mol. The lowest BCUT2D eigenvalue weighted by Crippen LogP contribution is -2.18. The number of carbonyl (C=O) groups excluding carboxylic acids is 1. The third-order valence-corrected chi connectivity index (χ3v) is 7.34. The van der Waals surface area contributed by atoms with Crippen molar-refractivity contribution in [2.45, 2.75) is 24.1 Å². The lowest BCUT2D eigenvalue weighted by molar-refractivity contribution is -0.116. The largest absolute Gasteiger partial charge is 0.337 e. The molecule has 0 radical (unpaired) electrons. The van der Waals surface area contributed by atoms with Crippen LogP contribution in [0.2, 0.25) is 10.0 Å². The third kappa shape index (κ3) is 4.83. The number of fused-ring (bicyclic) bond motifs is 1. The summed E-state index contributed by atoms with van der Waals surface area (Å²) >= 11 is 11.9. The van der Waals surface area contributed by atoms with E-state index in [1.54, 1.807) is 59.2 Å². The van der Waals surface area contributed by atoms with Gasteiger partial charge < -0.3 is 9.88 Å². The molecule has 3 aromatic carbocycles. The summed E-state index contributed by atoms with van der Waals surface area (Å²) in [6.07, 6.45) is 1.53. The Kier molecular flexibility index (Phi) is 6.29. The molecule has 0 spiro atoms. The molecule has 0 unspecified atom stereocenters. The van der Waals surface area contributed by atoms with Gasteiger partial charge >= 0.3 is 0 Å². The number of hydrogen-bond donors (Lipinski definition) is 1. The van der Waals surface area contributed by atoms with Crippen molar-refractivity contribution in [1.82, 2.24) is 4.57 Å². The Morgan fingerprint density at radius 1 is 0.969 bits per heavy atom. The van der Waals surface area contributed by atoms with Crippen LogP contribution in [-0.2, 0) is 26.9 Å². The molecule has 0 aliphatic rings. The van der Waals surface area contributed by atoms with Gasteiger partial charge in [-0.25, -0.2) is 8.42 Å². The van der Waals surface area contributed by atoms with E-state index in [9.17, 15) is 13.2 Å². The molecular weight excluding hydrogens is 467 g/mol. The van der Waals surface area contributed by atoms with Crippen molar-refractivity contribution in [3.8, 4) is 0 Å². The van der Waals surface area contributed by atoms with Gasteiger partial charge in [-0.05, 0) is 48.4 Å². The highest BCUT2D eigenvalue weighted by molar-refractivity contribution is 7.90. The molecule has 0 saturated heterocycles. The van der Waals surface area contributed by atoms with Crippen molar-refractivity contribution in [3.63, 3.8) is 0 Å². The number of aryl methyl sites for hydroxylation is 1. The summed E-state index contributed by atoms with van der Waals surface area (Å²) in [6.45, 7) is 1.83. The van der Waals surface area contributed by atoms with Crippen LogP contribution in [0.5, 0.6) is 0 Å². The number of carbonyl (C=O) groups is 1. The highest BCUT2D eigenvalue weighted by atomic mass is 35.5. The average Bonchev–Trinajstić information content (AvgIpc) is 3.12. The molecule has 164 valence electrons. The van der Waals surface area contributed by atoms with Crippen LogP contribution in [0.4, 0.5) is 5.69 Å². The maximum absolute atomic E-state index is 13.2. The van der Waals surface area contributed by atoms with E-state index in [-0.39, 0.29) is 23.1 Å². The number of nitrogens with one attached hydrogen (secondary N) is 1. The molecule has 0 fully saturated rings. The molecule has 0 aliphatic heterocycles. The Labute approximate surface area is 196 Å². The fraction of sp³-hybridized carbons (Fsp3) is 0.125. The smallest absolute Gasteiger partial charge is 0.244 e. The number of nitrogens with zero attached hydrogens (tertiary/aromatic N) is 1. The van der Waals surface area contributed by atoms with E-state index >= 15 is 0 Å². The summed E-state index contributed by atoms with van der Waals surface area (Å²) in [5.74, 6) is -0.440. The number of para-hydroxylation sites is 1. The summed E-state index contributed by atoms with van der Waals surface area (Å²) in [5, 5.41) is 4.49. The fourth-order valence-corrected chi connectivity index (χ4v) is 5.42. The van der Waals surface area contributed by atoms with Crippen molar-refractivity contribution in [3.05, 3.63) is 94.1 Å². The second-order valence-electron chi connectivity index (χ2n) is 7.53. The van der Waals surface area contributed by atoms with Crippen molar-refractivity contribution < 1.29 is 13.2 Å². The molecule has 4 rings (SSSR count). The summed E-state index contributed by atoms with van der Waals surface area (Å²) in [5.41, 5.74) is 2.81. The van der Waals surface area contributed by atoms with Crippen molar-refractivity contribution >= 4 is 55.5 Å². The molecule has 5 nitrogen and oxygen atoms in total. The van der Waals surface area contributed by atoms with E-state index < -0.39 is 9.84 Å². The SMILES string of the molecule is Cc1ccc(Cl)cc1NC(=O)Cn1cc(S(=O)(=O)Cc2ccc(Cl)cc2)c2ccccc21. The number of aromatic nitrogens is 1. The second-order valence-corrected chi connectivity index (χ2v) is 10.4. The normalized spacial score (nSPS) is 11.6. The Hall–Kier alpha value is -2.80. The number of benzene rings is 3. The first-order valence-corrected chi connectivity index (χ1v) is 12.2. The van der Waals surface area contributed by atoms with Gasteiger partial charge in [0.2, 0.25) is 5.91 Å². The molecule has 0 aliphatic carbocycles. The van der Waals surface area contributed by atoms with Crippen LogP contribution in [0.15, 0.2) is 77.8 Å². The summed E-state index contributed by atoms with van der Waals surface area (Å²) in [4.78, 5) is 12.9. The summed E-state index contributed by atoms with van der Waals surface area (Å²) < 4.78 is 28.1. The maximum Gasteiger partial charge on any atom is 0.244 e. The molecule has 32 heavy (non-hydrogen) atoms. The maximum atomic E-state index is 13.2. The highest BCUT2D eigenvalue weighted by Crippen LogP contribution is 2.28. The number of rotatable bonds is 6. The summed E-state index contributed by atoms with van der Waals surface area (Å²) in [6, 6.07) is 19.1. The minimum atomic E-state index is -3.65. The van der Waals surface area contributed by atoms with Gasteiger partial charge in [0.15, 0.2) is 9.84 Å². The van der Waals surface area contributed by atoms with E-state index in [4.69, 9.17) is 23.2 Å².